The van der Waals surface area contributed by atoms with Gasteiger partial charge in [-0.2, -0.15) is 0 Å². The number of piperidine rings is 1. The van der Waals surface area contributed by atoms with Crippen LogP contribution >= 0.6 is 12.2 Å². The van der Waals surface area contributed by atoms with Gasteiger partial charge in [-0.25, -0.2) is 4.39 Å². The van der Waals surface area contributed by atoms with Gasteiger partial charge in [0.1, 0.15) is 10.8 Å². The number of halogens is 1. The van der Waals surface area contributed by atoms with Gasteiger partial charge in [0, 0.05) is 30.9 Å². The first-order valence-corrected chi connectivity index (χ1v) is 7.48. The second-order valence-electron chi connectivity index (χ2n) is 5.11. The van der Waals surface area contributed by atoms with Gasteiger partial charge in [0.05, 0.1) is 6.10 Å². The Balaban J connectivity index is 2.07. The zero-order chi connectivity index (χ0) is 14.5. The number of benzene rings is 1. The number of nitrogens with two attached hydrogens (primary N) is 1. The largest absolute Gasteiger partial charge is 0.389 e. The maximum absolute atomic E-state index is 13.9. The summed E-state index contributed by atoms with van der Waals surface area (Å²) in [5.41, 5.74) is 6.65. The molecule has 0 spiro atoms. The van der Waals surface area contributed by atoms with Crippen LogP contribution in [0, 0.1) is 5.82 Å². The monoisotopic (exact) mass is 296 g/mol. The Morgan fingerprint density at radius 2 is 2.35 bits per heavy atom. The molecule has 1 aromatic rings. The number of ether oxygens (including phenoxy) is 1. The SMILES string of the molecule is CCCOC1CCCN(c2ccc(C(N)=S)c(F)c2)C1. The summed E-state index contributed by atoms with van der Waals surface area (Å²) in [6.45, 7) is 4.63. The average Bonchev–Trinajstić information content (AvgIpc) is 2.45. The predicted octanol–water partition coefficient (Wildman–Crippen LogP) is 2.86. The summed E-state index contributed by atoms with van der Waals surface area (Å²) in [7, 11) is 0. The van der Waals surface area contributed by atoms with Crippen LogP contribution in [-0.4, -0.2) is 30.8 Å². The van der Waals surface area contributed by atoms with Gasteiger partial charge in [-0.1, -0.05) is 19.1 Å². The van der Waals surface area contributed by atoms with E-state index < -0.39 is 0 Å². The van der Waals surface area contributed by atoms with Crippen molar-refractivity contribution in [1.82, 2.24) is 0 Å². The highest BCUT2D eigenvalue weighted by molar-refractivity contribution is 7.80. The summed E-state index contributed by atoms with van der Waals surface area (Å²) in [5, 5.41) is 0. The fraction of sp³-hybridized carbons (Fsp3) is 0.533. The first-order chi connectivity index (χ1) is 9.61. The molecule has 0 aromatic heterocycles. The third-order valence-corrected chi connectivity index (χ3v) is 3.74. The molecule has 3 nitrogen and oxygen atoms in total. The predicted molar refractivity (Wildman–Crippen MR) is 83.8 cm³/mol. The molecule has 2 N–H and O–H groups in total. The van der Waals surface area contributed by atoms with Gasteiger partial charge in [0.25, 0.3) is 0 Å². The molecule has 1 saturated heterocycles. The van der Waals surface area contributed by atoms with Gasteiger partial charge in [0.2, 0.25) is 0 Å². The van der Waals surface area contributed by atoms with Crippen LogP contribution in [0.3, 0.4) is 0 Å². The van der Waals surface area contributed by atoms with Gasteiger partial charge in [-0.3, -0.25) is 0 Å². The van der Waals surface area contributed by atoms with Crippen LogP contribution in [0.4, 0.5) is 10.1 Å². The molecule has 1 aliphatic heterocycles. The van der Waals surface area contributed by atoms with E-state index >= 15 is 0 Å². The molecule has 5 heteroatoms. The molecular weight excluding hydrogens is 275 g/mol. The van der Waals surface area contributed by atoms with Crippen molar-refractivity contribution in [3.8, 4) is 0 Å². The van der Waals surface area contributed by atoms with Crippen LogP contribution in [0.15, 0.2) is 18.2 Å². The van der Waals surface area contributed by atoms with E-state index in [1.807, 2.05) is 6.07 Å². The van der Waals surface area contributed by atoms with E-state index in [1.54, 1.807) is 6.07 Å². The minimum atomic E-state index is -0.355. The maximum Gasteiger partial charge on any atom is 0.135 e. The van der Waals surface area contributed by atoms with Crippen molar-refractivity contribution in [1.29, 1.82) is 0 Å². The minimum Gasteiger partial charge on any atom is -0.389 e. The van der Waals surface area contributed by atoms with Crippen molar-refractivity contribution < 1.29 is 9.13 Å². The summed E-state index contributed by atoms with van der Waals surface area (Å²) >= 11 is 4.82. The number of anilines is 1. The van der Waals surface area contributed by atoms with Crippen molar-refractivity contribution in [3.05, 3.63) is 29.6 Å². The summed E-state index contributed by atoms with van der Waals surface area (Å²) < 4.78 is 19.7. The summed E-state index contributed by atoms with van der Waals surface area (Å²) in [4.78, 5) is 2.26. The Hall–Kier alpha value is -1.20. The highest BCUT2D eigenvalue weighted by atomic mass is 32.1. The second kappa shape index (κ2) is 6.99. The van der Waals surface area contributed by atoms with E-state index in [0.717, 1.165) is 44.6 Å². The van der Waals surface area contributed by atoms with E-state index in [2.05, 4.69) is 11.8 Å². The van der Waals surface area contributed by atoms with E-state index in [4.69, 9.17) is 22.7 Å². The first-order valence-electron chi connectivity index (χ1n) is 7.07. The molecule has 0 aliphatic carbocycles. The number of thiocarbonyl (C=S) groups is 1. The van der Waals surface area contributed by atoms with Gasteiger partial charge in [-0.05, 0) is 37.5 Å². The van der Waals surface area contributed by atoms with Crippen molar-refractivity contribution in [3.63, 3.8) is 0 Å². The minimum absolute atomic E-state index is 0.0943. The topological polar surface area (TPSA) is 38.5 Å². The van der Waals surface area contributed by atoms with Crippen LogP contribution in [0.1, 0.15) is 31.7 Å². The average molecular weight is 296 g/mol. The highest BCUT2D eigenvalue weighted by Gasteiger charge is 2.21. The quantitative estimate of drug-likeness (QED) is 0.848. The molecule has 0 saturated carbocycles. The summed E-state index contributed by atoms with van der Waals surface area (Å²) in [6, 6.07) is 5.04. The van der Waals surface area contributed by atoms with Crippen LogP contribution in [-0.2, 0) is 4.74 Å². The lowest BCUT2D eigenvalue weighted by Crippen LogP contribution is -2.40. The fourth-order valence-electron chi connectivity index (χ4n) is 2.49. The smallest absolute Gasteiger partial charge is 0.135 e. The summed E-state index contributed by atoms with van der Waals surface area (Å²) in [6.07, 6.45) is 3.40. The lowest BCUT2D eigenvalue weighted by molar-refractivity contribution is 0.0440. The van der Waals surface area contributed by atoms with E-state index in [9.17, 15) is 4.39 Å². The Kier molecular flexibility index (Phi) is 5.31. The Morgan fingerprint density at radius 1 is 1.55 bits per heavy atom. The van der Waals surface area contributed by atoms with Crippen molar-refractivity contribution in [2.45, 2.75) is 32.3 Å². The van der Waals surface area contributed by atoms with E-state index in [1.165, 1.54) is 6.07 Å². The van der Waals surface area contributed by atoms with Crippen LogP contribution < -0.4 is 10.6 Å². The maximum atomic E-state index is 13.9. The number of hydrogen-bond donors (Lipinski definition) is 1. The van der Waals surface area contributed by atoms with Gasteiger partial charge in [-0.15, -0.1) is 0 Å². The lowest BCUT2D eigenvalue weighted by Gasteiger charge is -2.34. The molecule has 1 unspecified atom stereocenters. The first kappa shape index (κ1) is 15.2. The molecule has 110 valence electrons. The zero-order valence-electron chi connectivity index (χ0n) is 11.8. The molecule has 2 rings (SSSR count). The molecule has 20 heavy (non-hydrogen) atoms. The Bertz CT molecular complexity index is 481. The van der Waals surface area contributed by atoms with Crippen LogP contribution in [0.25, 0.3) is 0 Å². The molecule has 1 aromatic carbocycles. The zero-order valence-corrected chi connectivity index (χ0v) is 12.6. The number of rotatable bonds is 5. The molecule has 1 heterocycles. The fourth-order valence-corrected chi connectivity index (χ4v) is 2.66. The third kappa shape index (κ3) is 3.67. The van der Waals surface area contributed by atoms with Gasteiger partial charge in [0.15, 0.2) is 0 Å². The van der Waals surface area contributed by atoms with Gasteiger partial charge < -0.3 is 15.4 Å². The Morgan fingerprint density at radius 3 is 3.00 bits per heavy atom. The third-order valence-electron chi connectivity index (χ3n) is 3.52. The second-order valence-corrected chi connectivity index (χ2v) is 5.55. The van der Waals surface area contributed by atoms with E-state index in [-0.39, 0.29) is 16.9 Å². The van der Waals surface area contributed by atoms with Crippen LogP contribution in [0.2, 0.25) is 0 Å². The van der Waals surface area contributed by atoms with Gasteiger partial charge >= 0.3 is 0 Å². The van der Waals surface area contributed by atoms with Crippen molar-refractivity contribution in [2.75, 3.05) is 24.6 Å². The molecule has 1 atom stereocenters. The van der Waals surface area contributed by atoms with Crippen LogP contribution in [0.5, 0.6) is 0 Å². The molecule has 1 fully saturated rings. The normalized spacial score (nSPS) is 19.1. The highest BCUT2D eigenvalue weighted by Crippen LogP contribution is 2.23. The molecule has 0 amide bonds. The number of hydrogen-bond acceptors (Lipinski definition) is 3. The lowest BCUT2D eigenvalue weighted by atomic mass is 10.1. The Labute approximate surface area is 124 Å². The van der Waals surface area contributed by atoms with Crippen molar-refractivity contribution in [2.24, 2.45) is 5.73 Å². The standard InChI is InChI=1S/C15H21FN2OS/c1-2-8-19-12-4-3-7-18(10-12)11-5-6-13(15(17)20)14(16)9-11/h5-6,9,12H,2-4,7-8,10H2,1H3,(H2,17,20). The molecule has 0 radical (unpaired) electrons. The van der Waals surface area contributed by atoms with Crippen molar-refractivity contribution >= 4 is 22.9 Å². The molecule has 1 aliphatic rings. The van der Waals surface area contributed by atoms with E-state index in [0.29, 0.717) is 5.56 Å². The summed E-state index contributed by atoms with van der Waals surface area (Å²) in [5.74, 6) is -0.355. The molecule has 0 bridgehead atoms. The number of nitrogens with zero attached hydrogens (tertiary/aromatic N) is 1. The molecular formula is C15H21FN2OS.